The number of alkyl carbamates (subject to hydrolysis) is 1. The minimum absolute atomic E-state index is 0.446. The Hall–Kier alpha value is -2.21. The van der Waals surface area contributed by atoms with Gasteiger partial charge in [0.05, 0.1) is 0 Å². The molecule has 7 heteroatoms. The first-order valence-corrected chi connectivity index (χ1v) is 9.12. The lowest BCUT2D eigenvalue weighted by atomic mass is 10.1. The van der Waals surface area contributed by atoms with Gasteiger partial charge in [0, 0.05) is 11.4 Å². The highest BCUT2D eigenvalue weighted by atomic mass is 35.5. The Bertz CT molecular complexity index is 656. The molecule has 1 aromatic rings. The Morgan fingerprint density at radius 1 is 1.30 bits per heavy atom. The first-order valence-electron chi connectivity index (χ1n) is 8.75. The van der Waals surface area contributed by atoms with Crippen molar-refractivity contribution in [2.24, 2.45) is 0 Å². The normalized spacial score (nSPS) is 14.4. The summed E-state index contributed by atoms with van der Waals surface area (Å²) in [5, 5.41) is 3.00. The number of rotatable bonds is 8. The molecule has 0 bridgehead atoms. The predicted molar refractivity (Wildman–Crippen MR) is 105 cm³/mol. The molecular formula is C20H28ClNO5. The summed E-state index contributed by atoms with van der Waals surface area (Å²) in [6.07, 6.45) is 0.449. The van der Waals surface area contributed by atoms with E-state index in [1.165, 1.54) is 6.92 Å². The number of carbonyl (C=O) groups is 2. The van der Waals surface area contributed by atoms with Crippen LogP contribution in [0.1, 0.15) is 41.0 Å². The molecule has 150 valence electrons. The zero-order valence-corrected chi connectivity index (χ0v) is 17.2. The van der Waals surface area contributed by atoms with Crippen molar-refractivity contribution in [2.45, 2.75) is 64.9 Å². The number of hydrogen-bond acceptors (Lipinski definition) is 5. The molecule has 0 unspecified atom stereocenters. The summed E-state index contributed by atoms with van der Waals surface area (Å²) in [6.45, 7) is 12.2. The van der Waals surface area contributed by atoms with Gasteiger partial charge < -0.3 is 19.5 Å². The number of esters is 1. The van der Waals surface area contributed by atoms with Crippen molar-refractivity contribution in [1.82, 2.24) is 5.32 Å². The van der Waals surface area contributed by atoms with Gasteiger partial charge in [0.15, 0.2) is 0 Å². The van der Waals surface area contributed by atoms with Crippen LogP contribution in [0.4, 0.5) is 4.79 Å². The molecule has 0 spiro atoms. The topological polar surface area (TPSA) is 73.9 Å². The van der Waals surface area contributed by atoms with Crippen molar-refractivity contribution < 1.29 is 23.8 Å². The Morgan fingerprint density at radius 3 is 2.52 bits per heavy atom. The third kappa shape index (κ3) is 8.82. The number of halogens is 1. The van der Waals surface area contributed by atoms with Crippen molar-refractivity contribution in [2.75, 3.05) is 0 Å². The van der Waals surface area contributed by atoms with E-state index in [-0.39, 0.29) is 0 Å². The molecule has 0 aliphatic rings. The van der Waals surface area contributed by atoms with Crippen LogP contribution in [0.25, 0.3) is 0 Å². The zero-order chi connectivity index (χ0) is 20.6. The molecule has 0 radical (unpaired) electrons. The first-order chi connectivity index (χ1) is 12.5. The van der Waals surface area contributed by atoms with Crippen LogP contribution >= 0.6 is 11.6 Å². The van der Waals surface area contributed by atoms with E-state index in [0.717, 1.165) is 0 Å². The number of hydrogen-bond donors (Lipinski definition) is 1. The van der Waals surface area contributed by atoms with Gasteiger partial charge in [0.2, 0.25) is 0 Å². The minimum atomic E-state index is -0.863. The Morgan fingerprint density at radius 2 is 1.96 bits per heavy atom. The van der Waals surface area contributed by atoms with Gasteiger partial charge >= 0.3 is 12.1 Å². The molecule has 3 atom stereocenters. The molecule has 1 N–H and O–H groups in total. The van der Waals surface area contributed by atoms with Crippen molar-refractivity contribution in [3.8, 4) is 5.75 Å². The van der Waals surface area contributed by atoms with Gasteiger partial charge in [0.1, 0.15) is 29.6 Å². The maximum atomic E-state index is 12.3. The van der Waals surface area contributed by atoms with E-state index < -0.39 is 35.9 Å². The molecule has 0 aliphatic carbocycles. The molecule has 1 rings (SSSR count). The van der Waals surface area contributed by atoms with E-state index in [0.29, 0.717) is 17.2 Å². The summed E-state index contributed by atoms with van der Waals surface area (Å²) in [4.78, 5) is 24.1. The number of benzene rings is 1. The second-order valence-corrected chi connectivity index (χ2v) is 7.58. The van der Waals surface area contributed by atoms with E-state index in [1.807, 2.05) is 0 Å². The lowest BCUT2D eigenvalue weighted by Crippen LogP contribution is -2.44. The second kappa shape index (κ2) is 10.2. The van der Waals surface area contributed by atoms with Gasteiger partial charge in [0.25, 0.3) is 0 Å². The van der Waals surface area contributed by atoms with Crippen LogP contribution in [-0.4, -0.2) is 35.9 Å². The van der Waals surface area contributed by atoms with Crippen molar-refractivity contribution in [3.05, 3.63) is 41.9 Å². The molecule has 0 aromatic heterocycles. The fraction of sp³-hybridized carbons (Fsp3) is 0.500. The summed E-state index contributed by atoms with van der Waals surface area (Å²) >= 11 is 5.97. The van der Waals surface area contributed by atoms with Crippen molar-refractivity contribution in [1.29, 1.82) is 0 Å². The van der Waals surface area contributed by atoms with Crippen LogP contribution in [0.2, 0.25) is 5.02 Å². The van der Waals surface area contributed by atoms with Gasteiger partial charge in [-0.3, -0.25) is 0 Å². The van der Waals surface area contributed by atoms with E-state index in [2.05, 4.69) is 11.9 Å². The van der Waals surface area contributed by atoms with Crippen LogP contribution in [0, 0.1) is 0 Å². The first kappa shape index (κ1) is 22.8. The summed E-state index contributed by atoms with van der Waals surface area (Å²) in [5.74, 6) is -0.0192. The van der Waals surface area contributed by atoms with Crippen LogP contribution in [0.3, 0.4) is 0 Å². The van der Waals surface area contributed by atoms with Crippen LogP contribution in [0.5, 0.6) is 5.75 Å². The standard InChI is InChI=1S/C20H28ClNO5/c1-7-9-17(26-16-11-8-10-15(21)12-16)14(3)25-18(23)13(2)22-19(24)27-20(4,5)6/h7-8,10-14,17H,1,9H2,2-6H3,(H,22,24)/t13-,14-,17+/m0/s1. The van der Waals surface area contributed by atoms with Gasteiger partial charge in [-0.15, -0.1) is 6.58 Å². The van der Waals surface area contributed by atoms with Crippen molar-refractivity contribution >= 4 is 23.7 Å². The fourth-order valence-electron chi connectivity index (χ4n) is 2.12. The molecule has 0 aliphatic heterocycles. The quantitative estimate of drug-likeness (QED) is 0.516. The number of ether oxygens (including phenoxy) is 3. The highest BCUT2D eigenvalue weighted by molar-refractivity contribution is 6.30. The highest BCUT2D eigenvalue weighted by Gasteiger charge is 2.27. The average molecular weight is 398 g/mol. The van der Waals surface area contributed by atoms with E-state index in [9.17, 15) is 9.59 Å². The van der Waals surface area contributed by atoms with Crippen LogP contribution < -0.4 is 10.1 Å². The summed E-state index contributed by atoms with van der Waals surface area (Å²) < 4.78 is 16.5. The number of amides is 1. The second-order valence-electron chi connectivity index (χ2n) is 7.15. The van der Waals surface area contributed by atoms with Gasteiger partial charge in [-0.2, -0.15) is 0 Å². The average Bonchev–Trinajstić information content (AvgIpc) is 2.52. The summed E-state index contributed by atoms with van der Waals surface area (Å²) in [6, 6.07) is 6.09. The summed E-state index contributed by atoms with van der Waals surface area (Å²) in [7, 11) is 0. The van der Waals surface area contributed by atoms with E-state index in [1.54, 1.807) is 58.0 Å². The molecule has 0 saturated carbocycles. The fourth-order valence-corrected chi connectivity index (χ4v) is 2.30. The third-order valence-corrected chi connectivity index (χ3v) is 3.63. The van der Waals surface area contributed by atoms with Gasteiger partial charge in [-0.05, 0) is 52.8 Å². The molecule has 27 heavy (non-hydrogen) atoms. The Labute approximate surface area is 165 Å². The number of carbonyl (C=O) groups excluding carboxylic acids is 2. The SMILES string of the molecule is C=CC[C@@H](Oc1cccc(Cl)c1)[C@H](C)OC(=O)[C@H](C)NC(=O)OC(C)(C)C. The maximum Gasteiger partial charge on any atom is 0.408 e. The van der Waals surface area contributed by atoms with Gasteiger partial charge in [-0.1, -0.05) is 23.7 Å². The van der Waals surface area contributed by atoms with E-state index in [4.69, 9.17) is 25.8 Å². The molecule has 0 saturated heterocycles. The lowest BCUT2D eigenvalue weighted by Gasteiger charge is -2.26. The molecule has 1 amide bonds. The number of nitrogens with one attached hydrogen (secondary N) is 1. The van der Waals surface area contributed by atoms with Crippen LogP contribution in [0.15, 0.2) is 36.9 Å². The maximum absolute atomic E-state index is 12.3. The zero-order valence-electron chi connectivity index (χ0n) is 16.5. The smallest absolute Gasteiger partial charge is 0.408 e. The minimum Gasteiger partial charge on any atom is -0.486 e. The third-order valence-electron chi connectivity index (χ3n) is 3.39. The molecular weight excluding hydrogens is 370 g/mol. The molecule has 1 aromatic carbocycles. The molecule has 6 nitrogen and oxygen atoms in total. The lowest BCUT2D eigenvalue weighted by molar-refractivity contribution is -0.154. The Kier molecular flexibility index (Phi) is 8.63. The van der Waals surface area contributed by atoms with Crippen LogP contribution in [-0.2, 0) is 14.3 Å². The Balaban J connectivity index is 2.65. The summed E-state index contributed by atoms with van der Waals surface area (Å²) in [5.41, 5.74) is -0.652. The van der Waals surface area contributed by atoms with E-state index >= 15 is 0 Å². The van der Waals surface area contributed by atoms with Gasteiger partial charge in [-0.25, -0.2) is 9.59 Å². The largest absolute Gasteiger partial charge is 0.486 e. The molecule has 0 fully saturated rings. The predicted octanol–water partition coefficient (Wildman–Crippen LogP) is 4.51. The molecule has 0 heterocycles. The van der Waals surface area contributed by atoms with Crippen molar-refractivity contribution in [3.63, 3.8) is 0 Å². The monoisotopic (exact) mass is 397 g/mol. The highest BCUT2D eigenvalue weighted by Crippen LogP contribution is 2.21.